The maximum Gasteiger partial charge on any atom is 0.319 e. The fourth-order valence-electron chi connectivity index (χ4n) is 6.32. The Balaban J connectivity index is 1.42. The summed E-state index contributed by atoms with van der Waals surface area (Å²) in [5.74, 6) is -4.28. The van der Waals surface area contributed by atoms with Crippen LogP contribution in [0.5, 0.6) is 23.0 Å². The van der Waals surface area contributed by atoms with E-state index in [9.17, 15) is 24.5 Å². The Kier molecular flexibility index (Phi) is 5.40. The molecular formula is C30H22N2O9. The van der Waals surface area contributed by atoms with Crippen molar-refractivity contribution in [2.45, 2.75) is 12.8 Å². The number of nitro groups is 1. The lowest BCUT2D eigenvalue weighted by molar-refractivity contribution is -0.384. The van der Waals surface area contributed by atoms with Crippen LogP contribution >= 0.6 is 0 Å². The second kappa shape index (κ2) is 8.91. The molecule has 11 nitrogen and oxygen atoms in total. The van der Waals surface area contributed by atoms with Gasteiger partial charge >= 0.3 is 5.97 Å². The number of amides is 2. The van der Waals surface area contributed by atoms with Crippen LogP contribution in [0.2, 0.25) is 0 Å². The summed E-state index contributed by atoms with van der Waals surface area (Å²) < 4.78 is 21.8. The lowest BCUT2D eigenvalue weighted by Crippen LogP contribution is -2.42. The molecule has 0 bridgehead atoms. The van der Waals surface area contributed by atoms with Crippen molar-refractivity contribution in [3.8, 4) is 23.0 Å². The number of esters is 1. The number of fused-ring (bicyclic) bond motifs is 6. The number of benzene rings is 3. The maximum atomic E-state index is 14.2. The van der Waals surface area contributed by atoms with Gasteiger partial charge in [0.1, 0.15) is 17.2 Å². The molecule has 0 saturated carbocycles. The number of allylic oxidation sites excluding steroid dienone is 1. The van der Waals surface area contributed by atoms with E-state index in [2.05, 4.69) is 0 Å². The molecule has 1 saturated heterocycles. The predicted octanol–water partition coefficient (Wildman–Crippen LogP) is 4.16. The van der Waals surface area contributed by atoms with Gasteiger partial charge in [-0.1, -0.05) is 24.3 Å². The average molecular weight is 555 g/mol. The number of hydrogen-bond acceptors (Lipinski definition) is 9. The Labute approximate surface area is 233 Å². The average Bonchev–Trinajstić information content (AvgIpc) is 3.53. The van der Waals surface area contributed by atoms with Crippen molar-refractivity contribution in [1.29, 1.82) is 0 Å². The zero-order chi connectivity index (χ0) is 28.6. The van der Waals surface area contributed by atoms with Crippen LogP contribution in [-0.4, -0.2) is 36.6 Å². The summed E-state index contributed by atoms with van der Waals surface area (Å²) in [5.41, 5.74) is 2.14. The molecule has 0 radical (unpaired) electrons. The number of carbonyl (C=O) groups is 3. The van der Waals surface area contributed by atoms with Crippen molar-refractivity contribution in [2.24, 2.45) is 17.8 Å². The number of nitrogens with zero attached hydrogens (tertiary/aromatic N) is 2. The van der Waals surface area contributed by atoms with E-state index in [0.29, 0.717) is 33.9 Å². The summed E-state index contributed by atoms with van der Waals surface area (Å²) in [6.07, 6.45) is 1.84. The Morgan fingerprint density at radius 3 is 2.49 bits per heavy atom. The Bertz CT molecular complexity index is 1730. The highest BCUT2D eigenvalue weighted by Crippen LogP contribution is 2.56. The molecule has 3 aliphatic heterocycles. The number of imide groups is 1. The summed E-state index contributed by atoms with van der Waals surface area (Å²) in [7, 11) is 1.36. The summed E-state index contributed by atoms with van der Waals surface area (Å²) in [6, 6.07) is 14.7. The molecule has 2 amide bonds. The van der Waals surface area contributed by atoms with Crippen LogP contribution in [0.4, 0.5) is 11.4 Å². The Morgan fingerprint density at radius 2 is 1.71 bits per heavy atom. The van der Waals surface area contributed by atoms with Crippen LogP contribution in [-0.2, 0) is 14.4 Å². The van der Waals surface area contributed by atoms with Crippen molar-refractivity contribution in [1.82, 2.24) is 0 Å². The molecule has 0 unspecified atom stereocenters. The van der Waals surface area contributed by atoms with E-state index in [1.165, 1.54) is 19.2 Å². The Morgan fingerprint density at radius 1 is 0.927 bits per heavy atom. The van der Waals surface area contributed by atoms with Gasteiger partial charge in [-0.05, 0) is 54.0 Å². The second-order valence-corrected chi connectivity index (χ2v) is 10.3. The van der Waals surface area contributed by atoms with Crippen molar-refractivity contribution < 1.29 is 38.3 Å². The minimum Gasteiger partial charge on any atom is -0.496 e. The lowest BCUT2D eigenvalue weighted by Gasteiger charge is -2.38. The SMILES string of the molecule is COc1ccc(N2C(=O)[C@@H]3[C@@H]4C(=O)Oc5cc(C)ccc5C4=C[C@H](c4ccc5c(c4)OCO5)[C@@H]3C2=O)c([N+](=O)[O-])c1. The van der Waals surface area contributed by atoms with Gasteiger partial charge in [-0.15, -0.1) is 0 Å². The largest absolute Gasteiger partial charge is 0.496 e. The number of rotatable bonds is 4. The summed E-state index contributed by atoms with van der Waals surface area (Å²) >= 11 is 0. The van der Waals surface area contributed by atoms with Gasteiger partial charge in [0.05, 0.1) is 35.9 Å². The third-order valence-corrected chi connectivity index (χ3v) is 8.15. The molecule has 0 spiro atoms. The van der Waals surface area contributed by atoms with E-state index in [0.717, 1.165) is 16.5 Å². The van der Waals surface area contributed by atoms with Gasteiger partial charge < -0.3 is 18.9 Å². The molecule has 11 heteroatoms. The van der Waals surface area contributed by atoms with E-state index in [-0.39, 0.29) is 18.2 Å². The monoisotopic (exact) mass is 554 g/mol. The van der Waals surface area contributed by atoms with Crippen LogP contribution in [0, 0.1) is 34.8 Å². The van der Waals surface area contributed by atoms with E-state index >= 15 is 0 Å². The molecular weight excluding hydrogens is 532 g/mol. The van der Waals surface area contributed by atoms with Gasteiger partial charge in [0.2, 0.25) is 18.6 Å². The van der Waals surface area contributed by atoms with E-state index in [4.69, 9.17) is 18.9 Å². The molecule has 0 N–H and O–H groups in total. The number of hydrogen-bond donors (Lipinski definition) is 0. The third-order valence-electron chi connectivity index (χ3n) is 8.15. The van der Waals surface area contributed by atoms with Crippen LogP contribution in [0.15, 0.2) is 60.7 Å². The molecule has 4 atom stereocenters. The van der Waals surface area contributed by atoms with Crippen LogP contribution in [0.25, 0.3) is 5.57 Å². The van der Waals surface area contributed by atoms with E-state index in [1.54, 1.807) is 24.3 Å². The van der Waals surface area contributed by atoms with Gasteiger partial charge in [-0.3, -0.25) is 24.5 Å². The predicted molar refractivity (Wildman–Crippen MR) is 143 cm³/mol. The first-order valence-corrected chi connectivity index (χ1v) is 12.9. The highest BCUT2D eigenvalue weighted by molar-refractivity contribution is 6.25. The first-order chi connectivity index (χ1) is 19.8. The zero-order valence-corrected chi connectivity index (χ0v) is 21.9. The van der Waals surface area contributed by atoms with Gasteiger partial charge in [-0.25, -0.2) is 4.90 Å². The quantitative estimate of drug-likeness (QED) is 0.153. The molecule has 3 aromatic carbocycles. The maximum absolute atomic E-state index is 14.2. The number of anilines is 1. The summed E-state index contributed by atoms with van der Waals surface area (Å²) in [5, 5.41) is 12.0. The van der Waals surface area contributed by atoms with Gasteiger partial charge in [0, 0.05) is 11.5 Å². The van der Waals surface area contributed by atoms with Gasteiger partial charge in [0.25, 0.3) is 5.69 Å². The fourth-order valence-corrected chi connectivity index (χ4v) is 6.32. The molecule has 0 aromatic heterocycles. The number of ether oxygens (including phenoxy) is 4. The first kappa shape index (κ1) is 24.8. The normalized spacial score (nSPS) is 23.8. The van der Waals surface area contributed by atoms with Crippen molar-refractivity contribution in [3.63, 3.8) is 0 Å². The minimum absolute atomic E-state index is 0.0591. The molecule has 1 fully saturated rings. The molecule has 206 valence electrons. The van der Waals surface area contributed by atoms with Gasteiger partial charge in [-0.2, -0.15) is 0 Å². The van der Waals surface area contributed by atoms with Crippen molar-refractivity contribution >= 4 is 34.7 Å². The highest BCUT2D eigenvalue weighted by atomic mass is 16.7. The lowest BCUT2D eigenvalue weighted by atomic mass is 9.64. The topological polar surface area (TPSA) is 135 Å². The number of nitro benzene ring substituents is 1. The molecule has 1 aliphatic carbocycles. The fraction of sp³-hybridized carbons (Fsp3) is 0.233. The molecule has 4 aliphatic rings. The van der Waals surface area contributed by atoms with E-state index < -0.39 is 52.1 Å². The van der Waals surface area contributed by atoms with Crippen molar-refractivity contribution in [3.05, 3.63) is 87.5 Å². The number of aryl methyl sites for hydroxylation is 1. The van der Waals surface area contributed by atoms with Crippen molar-refractivity contribution in [2.75, 3.05) is 18.8 Å². The standard InChI is InChI=1S/C30H22N2O9/c1-14-3-6-17-19-12-18(15-4-8-22-24(10-15)40-13-39-22)25-27(26(19)30(35)41-23(17)9-14)29(34)31(28(25)33)20-7-5-16(38-2)11-21(20)32(36)37/h3-12,18,25-27H,13H2,1-2H3/t18-,25+,26-,27+/m1/s1. The summed E-state index contributed by atoms with van der Waals surface area (Å²) in [4.78, 5) is 54.0. The zero-order valence-electron chi connectivity index (χ0n) is 21.9. The van der Waals surface area contributed by atoms with E-state index in [1.807, 2.05) is 25.1 Å². The van der Waals surface area contributed by atoms with Crippen LogP contribution in [0.1, 0.15) is 22.6 Å². The molecule has 3 heterocycles. The minimum atomic E-state index is -1.15. The van der Waals surface area contributed by atoms with Gasteiger partial charge in [0.15, 0.2) is 11.5 Å². The molecule has 41 heavy (non-hydrogen) atoms. The van der Waals surface area contributed by atoms with Crippen LogP contribution < -0.4 is 23.8 Å². The van der Waals surface area contributed by atoms with Crippen LogP contribution in [0.3, 0.4) is 0 Å². The smallest absolute Gasteiger partial charge is 0.319 e. The Hall–Kier alpha value is -5.19. The summed E-state index contributed by atoms with van der Waals surface area (Å²) in [6.45, 7) is 1.93. The second-order valence-electron chi connectivity index (χ2n) is 10.3. The molecule has 3 aromatic rings. The molecule has 7 rings (SSSR count). The number of carbonyl (C=O) groups excluding carboxylic acids is 3. The third kappa shape index (κ3) is 3.62. The number of methoxy groups -OCH3 is 1. The first-order valence-electron chi connectivity index (χ1n) is 12.9. The highest BCUT2D eigenvalue weighted by Gasteiger charge is 2.61.